The van der Waals surface area contributed by atoms with Gasteiger partial charge in [0, 0.05) is 38.3 Å². The number of benzene rings is 1. The molecular weight excluding hydrogens is 421 g/mol. The molecule has 0 aromatic heterocycles. The summed E-state index contributed by atoms with van der Waals surface area (Å²) in [5.74, 6) is -0.440. The molecule has 1 saturated heterocycles. The molecule has 0 atom stereocenters. The van der Waals surface area contributed by atoms with Gasteiger partial charge in [0.15, 0.2) is 0 Å². The SMILES string of the molecule is COC(=O)/C(C)=C\CN1CCN(S(=O)(=O)c2ccc(Cl)c(C(F)(F)F)c2)CC1. The van der Waals surface area contributed by atoms with E-state index >= 15 is 0 Å². The van der Waals surface area contributed by atoms with Crippen LogP contribution in [0.25, 0.3) is 0 Å². The predicted octanol–water partition coefficient (Wildman–Crippen LogP) is 2.78. The predicted molar refractivity (Wildman–Crippen MR) is 97.4 cm³/mol. The third-order valence-corrected chi connectivity index (χ3v) is 6.60. The minimum absolute atomic E-state index is 0.122. The highest BCUT2D eigenvalue weighted by Gasteiger charge is 2.36. The first kappa shape index (κ1) is 22.7. The van der Waals surface area contributed by atoms with Crippen LogP contribution in [-0.4, -0.2) is 63.4 Å². The van der Waals surface area contributed by atoms with Crippen LogP contribution in [0.1, 0.15) is 12.5 Å². The summed E-state index contributed by atoms with van der Waals surface area (Å²) < 4.78 is 70.2. The molecule has 1 aromatic carbocycles. The first-order valence-electron chi connectivity index (χ1n) is 8.31. The van der Waals surface area contributed by atoms with Crippen molar-refractivity contribution in [3.63, 3.8) is 0 Å². The molecule has 156 valence electrons. The van der Waals surface area contributed by atoms with Crippen LogP contribution in [0.3, 0.4) is 0 Å². The maximum atomic E-state index is 13.0. The number of ether oxygens (including phenoxy) is 1. The van der Waals surface area contributed by atoms with Crippen LogP contribution in [-0.2, 0) is 25.7 Å². The molecule has 1 fully saturated rings. The summed E-state index contributed by atoms with van der Waals surface area (Å²) in [5, 5.41) is -0.552. The topological polar surface area (TPSA) is 66.9 Å². The monoisotopic (exact) mass is 440 g/mol. The van der Waals surface area contributed by atoms with Crippen molar-refractivity contribution in [1.29, 1.82) is 0 Å². The second kappa shape index (κ2) is 8.81. The Morgan fingerprint density at radius 3 is 2.39 bits per heavy atom. The summed E-state index contributed by atoms with van der Waals surface area (Å²) in [6.45, 7) is 3.06. The van der Waals surface area contributed by atoms with E-state index in [0.29, 0.717) is 31.3 Å². The van der Waals surface area contributed by atoms with E-state index in [1.807, 2.05) is 4.90 Å². The van der Waals surface area contributed by atoms with Gasteiger partial charge in [0.05, 0.1) is 22.6 Å². The summed E-state index contributed by atoms with van der Waals surface area (Å²) in [5.41, 5.74) is -0.740. The fraction of sp³-hybridized carbons (Fsp3) is 0.471. The van der Waals surface area contributed by atoms with Crippen LogP contribution in [0.4, 0.5) is 13.2 Å². The molecule has 2 rings (SSSR count). The van der Waals surface area contributed by atoms with Crippen LogP contribution < -0.4 is 0 Å². The highest BCUT2D eigenvalue weighted by Crippen LogP contribution is 2.36. The van der Waals surface area contributed by atoms with E-state index in [4.69, 9.17) is 11.6 Å². The standard InChI is InChI=1S/C17H20ClF3N2O4S/c1-12(16(24)27-2)5-6-22-7-9-23(10-8-22)28(25,26)13-3-4-15(18)14(11-13)17(19,20)21/h3-5,11H,6-10H2,1-2H3/b12-5-. The number of carbonyl (C=O) groups excluding carboxylic acids is 1. The van der Waals surface area contributed by atoms with Gasteiger partial charge in [-0.3, -0.25) is 4.90 Å². The Morgan fingerprint density at radius 1 is 1.25 bits per heavy atom. The maximum absolute atomic E-state index is 13.0. The van der Waals surface area contributed by atoms with Gasteiger partial charge in [0.2, 0.25) is 10.0 Å². The summed E-state index contributed by atoms with van der Waals surface area (Å²) in [4.78, 5) is 12.8. The smallest absolute Gasteiger partial charge is 0.417 e. The first-order valence-corrected chi connectivity index (χ1v) is 10.1. The van der Waals surface area contributed by atoms with Crippen molar-refractivity contribution in [1.82, 2.24) is 9.21 Å². The van der Waals surface area contributed by atoms with E-state index in [9.17, 15) is 26.4 Å². The quantitative estimate of drug-likeness (QED) is 0.520. The zero-order chi connectivity index (χ0) is 21.1. The number of hydrogen-bond donors (Lipinski definition) is 0. The Kier molecular flexibility index (Phi) is 7.13. The fourth-order valence-corrected chi connectivity index (χ4v) is 4.37. The molecule has 0 spiro atoms. The average Bonchev–Trinajstić information content (AvgIpc) is 2.65. The van der Waals surface area contributed by atoms with Crippen molar-refractivity contribution < 1.29 is 31.1 Å². The molecule has 28 heavy (non-hydrogen) atoms. The van der Waals surface area contributed by atoms with Gasteiger partial charge >= 0.3 is 12.1 Å². The lowest BCUT2D eigenvalue weighted by atomic mass is 10.2. The van der Waals surface area contributed by atoms with Gasteiger partial charge in [-0.05, 0) is 25.1 Å². The van der Waals surface area contributed by atoms with Gasteiger partial charge in [0.1, 0.15) is 0 Å². The van der Waals surface area contributed by atoms with E-state index in [-0.39, 0.29) is 13.1 Å². The lowest BCUT2D eigenvalue weighted by Gasteiger charge is -2.33. The lowest BCUT2D eigenvalue weighted by Crippen LogP contribution is -2.48. The molecule has 0 amide bonds. The van der Waals surface area contributed by atoms with Crippen molar-refractivity contribution in [3.05, 3.63) is 40.4 Å². The molecule has 6 nitrogen and oxygen atoms in total. The maximum Gasteiger partial charge on any atom is 0.417 e. The minimum Gasteiger partial charge on any atom is -0.466 e. The number of nitrogens with zero attached hydrogens (tertiary/aromatic N) is 2. The zero-order valence-electron chi connectivity index (χ0n) is 15.3. The lowest BCUT2D eigenvalue weighted by molar-refractivity contribution is -0.138. The number of sulfonamides is 1. The number of methoxy groups -OCH3 is 1. The normalized spacial score (nSPS) is 17.6. The molecule has 1 aliphatic rings. The van der Waals surface area contributed by atoms with Crippen molar-refractivity contribution in [2.24, 2.45) is 0 Å². The van der Waals surface area contributed by atoms with Crippen molar-refractivity contribution in [2.45, 2.75) is 18.0 Å². The first-order chi connectivity index (χ1) is 13.0. The number of hydrogen-bond acceptors (Lipinski definition) is 5. The highest BCUT2D eigenvalue weighted by atomic mass is 35.5. The fourth-order valence-electron chi connectivity index (χ4n) is 2.69. The van der Waals surface area contributed by atoms with Crippen LogP contribution in [0.15, 0.2) is 34.7 Å². The van der Waals surface area contributed by atoms with E-state index in [0.717, 1.165) is 16.4 Å². The molecule has 0 unspecified atom stereocenters. The number of carbonyl (C=O) groups is 1. The van der Waals surface area contributed by atoms with Crippen molar-refractivity contribution >= 4 is 27.6 Å². The molecule has 0 radical (unpaired) electrons. The van der Waals surface area contributed by atoms with Gasteiger partial charge in [-0.25, -0.2) is 13.2 Å². The van der Waals surface area contributed by atoms with E-state index < -0.39 is 37.7 Å². The van der Waals surface area contributed by atoms with Crippen LogP contribution in [0.2, 0.25) is 5.02 Å². The van der Waals surface area contributed by atoms with Crippen LogP contribution in [0, 0.1) is 0 Å². The number of halogens is 4. The molecule has 0 bridgehead atoms. The number of rotatable bonds is 5. The molecule has 1 aromatic rings. The number of piperazine rings is 1. The second-order valence-electron chi connectivity index (χ2n) is 6.22. The van der Waals surface area contributed by atoms with Crippen LogP contribution >= 0.6 is 11.6 Å². The highest BCUT2D eigenvalue weighted by molar-refractivity contribution is 7.89. The van der Waals surface area contributed by atoms with Crippen molar-refractivity contribution in [3.8, 4) is 0 Å². The molecule has 11 heteroatoms. The summed E-state index contributed by atoms with van der Waals surface area (Å²) >= 11 is 5.56. The number of esters is 1. The molecule has 1 aliphatic heterocycles. The molecule has 1 heterocycles. The summed E-state index contributed by atoms with van der Waals surface area (Å²) in [6, 6.07) is 2.57. The third kappa shape index (κ3) is 5.25. The Hall–Kier alpha value is -1.62. The Balaban J connectivity index is 2.09. The molecular formula is C17H20ClF3N2O4S. The van der Waals surface area contributed by atoms with Gasteiger partial charge in [-0.15, -0.1) is 0 Å². The average molecular weight is 441 g/mol. The van der Waals surface area contributed by atoms with E-state index in [2.05, 4.69) is 4.74 Å². The molecule has 0 aliphatic carbocycles. The van der Waals surface area contributed by atoms with Gasteiger partial charge in [-0.2, -0.15) is 17.5 Å². The van der Waals surface area contributed by atoms with E-state index in [1.54, 1.807) is 13.0 Å². The molecule has 0 saturated carbocycles. The van der Waals surface area contributed by atoms with E-state index in [1.165, 1.54) is 7.11 Å². The van der Waals surface area contributed by atoms with Gasteiger partial charge < -0.3 is 4.74 Å². The van der Waals surface area contributed by atoms with Gasteiger partial charge in [0.25, 0.3) is 0 Å². The zero-order valence-corrected chi connectivity index (χ0v) is 16.9. The van der Waals surface area contributed by atoms with Crippen LogP contribution in [0.5, 0.6) is 0 Å². The summed E-state index contributed by atoms with van der Waals surface area (Å²) in [7, 11) is -2.79. The largest absolute Gasteiger partial charge is 0.466 e. The Morgan fingerprint density at radius 2 is 1.86 bits per heavy atom. The number of alkyl halides is 3. The Labute approximate surface area is 166 Å². The third-order valence-electron chi connectivity index (χ3n) is 4.38. The Bertz CT molecular complexity index is 864. The van der Waals surface area contributed by atoms with Gasteiger partial charge in [-0.1, -0.05) is 17.7 Å². The summed E-state index contributed by atoms with van der Waals surface area (Å²) in [6.07, 6.45) is -3.06. The molecule has 0 N–H and O–H groups in total. The minimum atomic E-state index is -4.74. The van der Waals surface area contributed by atoms with Crippen molar-refractivity contribution in [2.75, 3.05) is 39.8 Å². The second-order valence-corrected chi connectivity index (χ2v) is 8.57.